The molecule has 0 unspecified atom stereocenters. The molecule has 0 N–H and O–H groups in total. The van der Waals surface area contributed by atoms with Crippen LogP contribution < -0.4 is 0 Å². The van der Waals surface area contributed by atoms with Gasteiger partial charge in [0, 0.05) is 12.0 Å². The average molecular weight is 376 g/mol. The van der Waals surface area contributed by atoms with Crippen molar-refractivity contribution in [1.29, 1.82) is 0 Å². The Hall–Kier alpha value is -1.87. The minimum atomic E-state index is -4.56. The molecule has 3 rings (SSSR count). The van der Waals surface area contributed by atoms with E-state index in [2.05, 4.69) is 0 Å². The van der Waals surface area contributed by atoms with Crippen LogP contribution in [0.25, 0.3) is 0 Å². The molecule has 4 nitrogen and oxygen atoms in total. The lowest BCUT2D eigenvalue weighted by molar-refractivity contribution is -0.137. The van der Waals surface area contributed by atoms with Crippen molar-refractivity contribution < 1.29 is 31.1 Å². The lowest BCUT2D eigenvalue weighted by atomic mass is 10.1. The fourth-order valence-electron chi connectivity index (χ4n) is 2.45. The van der Waals surface area contributed by atoms with E-state index in [-0.39, 0.29) is 21.9 Å². The number of carbonyl (C=O) groups is 1. The van der Waals surface area contributed by atoms with Gasteiger partial charge in [0.15, 0.2) is 9.84 Å². The summed E-state index contributed by atoms with van der Waals surface area (Å²) in [4.78, 5) is 12.1. The summed E-state index contributed by atoms with van der Waals surface area (Å²) in [6, 6.07) is 5.49. The number of thiophene rings is 1. The largest absolute Gasteiger partial charge is 0.454 e. The fraction of sp³-hybridized carbons (Fsp3) is 0.267. The van der Waals surface area contributed by atoms with Crippen LogP contribution in [0.5, 0.6) is 0 Å². The van der Waals surface area contributed by atoms with Crippen molar-refractivity contribution in [2.45, 2.75) is 22.9 Å². The molecule has 0 fully saturated rings. The number of ether oxygens (including phenoxy) is 1. The molecule has 0 saturated heterocycles. The van der Waals surface area contributed by atoms with Crippen molar-refractivity contribution in [2.24, 2.45) is 0 Å². The van der Waals surface area contributed by atoms with Crippen molar-refractivity contribution in [1.82, 2.24) is 0 Å². The molecule has 2 aromatic rings. The smallest absolute Gasteiger partial charge is 0.416 e. The summed E-state index contributed by atoms with van der Waals surface area (Å²) in [5, 5.41) is 1.58. The molecule has 1 aliphatic heterocycles. The Morgan fingerprint density at radius 1 is 1.25 bits per heavy atom. The highest BCUT2D eigenvalue weighted by molar-refractivity contribution is 7.93. The Bertz CT molecular complexity index is 884. The van der Waals surface area contributed by atoms with Crippen LogP contribution in [-0.2, 0) is 20.8 Å². The van der Waals surface area contributed by atoms with Crippen LogP contribution in [0.1, 0.15) is 34.0 Å². The first kappa shape index (κ1) is 17.0. The zero-order chi connectivity index (χ0) is 17.5. The lowest BCUT2D eigenvalue weighted by Gasteiger charge is -2.22. The number of hydrogen-bond acceptors (Lipinski definition) is 5. The third-order valence-corrected chi connectivity index (χ3v) is 6.96. The number of esters is 1. The molecule has 0 radical (unpaired) electrons. The van der Waals surface area contributed by atoms with Gasteiger partial charge in [-0.3, -0.25) is 0 Å². The molecular weight excluding hydrogens is 365 g/mol. The van der Waals surface area contributed by atoms with Crippen LogP contribution in [0.15, 0.2) is 39.9 Å². The molecule has 0 bridgehead atoms. The summed E-state index contributed by atoms with van der Waals surface area (Å²) in [6.45, 7) is 0. The van der Waals surface area contributed by atoms with Crippen molar-refractivity contribution >= 4 is 27.1 Å². The number of alkyl halides is 3. The zero-order valence-corrected chi connectivity index (χ0v) is 13.7. The molecule has 0 amide bonds. The molecular formula is C15H11F3O4S2. The van der Waals surface area contributed by atoms with Crippen LogP contribution in [0.3, 0.4) is 0 Å². The van der Waals surface area contributed by atoms with E-state index < -0.39 is 33.7 Å². The summed E-state index contributed by atoms with van der Waals surface area (Å²) in [7, 11) is -3.38. The highest BCUT2D eigenvalue weighted by atomic mass is 32.2. The monoisotopic (exact) mass is 376 g/mol. The SMILES string of the molecule is O=C(O[C@H]1CCS(=O)(=O)c2sccc21)c1cccc(C(F)(F)F)c1. The fourth-order valence-corrected chi connectivity index (χ4v) is 5.39. The topological polar surface area (TPSA) is 60.4 Å². The Morgan fingerprint density at radius 2 is 2.00 bits per heavy atom. The van der Waals surface area contributed by atoms with Gasteiger partial charge in [0.25, 0.3) is 0 Å². The number of fused-ring (bicyclic) bond motifs is 1. The van der Waals surface area contributed by atoms with Crippen LogP contribution >= 0.6 is 11.3 Å². The summed E-state index contributed by atoms with van der Waals surface area (Å²) in [6.07, 6.45) is -5.26. The van der Waals surface area contributed by atoms with Gasteiger partial charge in [0.1, 0.15) is 10.3 Å². The van der Waals surface area contributed by atoms with Crippen molar-refractivity contribution in [2.75, 3.05) is 5.75 Å². The number of sulfone groups is 1. The molecule has 0 aliphatic carbocycles. The van der Waals surface area contributed by atoms with E-state index in [0.29, 0.717) is 5.56 Å². The summed E-state index contributed by atoms with van der Waals surface area (Å²) >= 11 is 1.04. The van der Waals surface area contributed by atoms with Crippen LogP contribution in [0, 0.1) is 0 Å². The number of benzene rings is 1. The first-order valence-corrected chi connectivity index (χ1v) is 9.40. The van der Waals surface area contributed by atoms with Gasteiger partial charge in [0.05, 0.1) is 16.9 Å². The van der Waals surface area contributed by atoms with Crippen LogP contribution in [0.2, 0.25) is 0 Å². The maximum Gasteiger partial charge on any atom is 0.416 e. The van der Waals surface area contributed by atoms with Crippen molar-refractivity contribution in [3.63, 3.8) is 0 Å². The van der Waals surface area contributed by atoms with Crippen LogP contribution in [-0.4, -0.2) is 20.1 Å². The quantitative estimate of drug-likeness (QED) is 0.747. The first-order chi connectivity index (χ1) is 11.2. The van der Waals surface area contributed by atoms with Crippen molar-refractivity contribution in [3.8, 4) is 0 Å². The van der Waals surface area contributed by atoms with E-state index in [1.165, 1.54) is 6.07 Å². The second-order valence-corrected chi connectivity index (χ2v) is 8.46. The third kappa shape index (κ3) is 3.18. The van der Waals surface area contributed by atoms with E-state index in [1.54, 1.807) is 11.4 Å². The second-order valence-electron chi connectivity index (χ2n) is 5.24. The normalized spacial score (nSPS) is 19.5. The Morgan fingerprint density at radius 3 is 2.71 bits per heavy atom. The Kier molecular flexibility index (Phi) is 4.16. The predicted octanol–water partition coefficient (Wildman–Crippen LogP) is 3.84. The van der Waals surface area contributed by atoms with E-state index in [9.17, 15) is 26.4 Å². The summed E-state index contributed by atoms with van der Waals surface area (Å²) in [5.74, 6) is -1.08. The van der Waals surface area contributed by atoms with Gasteiger partial charge in [-0.2, -0.15) is 13.2 Å². The van der Waals surface area contributed by atoms with E-state index in [4.69, 9.17) is 4.74 Å². The standard InChI is InChI=1S/C15H11F3O4S2/c16-15(17,18)10-3-1-2-9(8-10)13(19)22-12-5-7-24(20,21)14-11(12)4-6-23-14/h1-4,6,8,12H,5,7H2/t12-/m0/s1. The average Bonchev–Trinajstić information content (AvgIpc) is 3.01. The van der Waals surface area contributed by atoms with E-state index >= 15 is 0 Å². The Balaban J connectivity index is 1.84. The maximum absolute atomic E-state index is 12.7. The van der Waals surface area contributed by atoms with Crippen molar-refractivity contribution in [3.05, 3.63) is 52.4 Å². The van der Waals surface area contributed by atoms with Gasteiger partial charge >= 0.3 is 12.1 Å². The minimum Gasteiger partial charge on any atom is -0.454 e. The highest BCUT2D eigenvalue weighted by Crippen LogP contribution is 2.38. The highest BCUT2D eigenvalue weighted by Gasteiger charge is 2.35. The first-order valence-electron chi connectivity index (χ1n) is 6.87. The van der Waals surface area contributed by atoms with Gasteiger partial charge in [-0.1, -0.05) is 6.07 Å². The number of halogens is 3. The number of carbonyl (C=O) groups excluding carboxylic acids is 1. The molecule has 2 heterocycles. The molecule has 128 valence electrons. The number of hydrogen-bond donors (Lipinski definition) is 0. The molecule has 24 heavy (non-hydrogen) atoms. The third-order valence-electron chi connectivity index (χ3n) is 3.61. The van der Waals surface area contributed by atoms with Gasteiger partial charge in [0.2, 0.25) is 0 Å². The lowest BCUT2D eigenvalue weighted by Crippen LogP contribution is -2.22. The van der Waals surface area contributed by atoms with Gasteiger partial charge < -0.3 is 4.74 Å². The van der Waals surface area contributed by atoms with Gasteiger partial charge in [-0.05, 0) is 29.6 Å². The molecule has 1 aromatic heterocycles. The molecule has 1 atom stereocenters. The molecule has 9 heteroatoms. The maximum atomic E-state index is 12.7. The minimum absolute atomic E-state index is 0.0801. The molecule has 0 spiro atoms. The van der Waals surface area contributed by atoms with Gasteiger partial charge in [-0.25, -0.2) is 13.2 Å². The predicted molar refractivity (Wildman–Crippen MR) is 80.6 cm³/mol. The second kappa shape index (κ2) is 5.89. The van der Waals surface area contributed by atoms with E-state index in [1.807, 2.05) is 0 Å². The summed E-state index contributed by atoms with van der Waals surface area (Å²) < 4.78 is 67.4. The Labute approximate surface area is 139 Å². The van der Waals surface area contributed by atoms with E-state index in [0.717, 1.165) is 29.5 Å². The number of rotatable bonds is 2. The van der Waals surface area contributed by atoms with Crippen LogP contribution in [0.4, 0.5) is 13.2 Å². The molecule has 0 saturated carbocycles. The summed E-state index contributed by atoms with van der Waals surface area (Å²) in [5.41, 5.74) is -0.791. The zero-order valence-electron chi connectivity index (χ0n) is 12.0. The molecule has 1 aliphatic rings. The molecule has 1 aromatic carbocycles. The van der Waals surface area contributed by atoms with Gasteiger partial charge in [-0.15, -0.1) is 11.3 Å².